The summed E-state index contributed by atoms with van der Waals surface area (Å²) >= 11 is 0. The molecule has 0 aromatic heterocycles. The van der Waals surface area contributed by atoms with Crippen molar-refractivity contribution in [1.29, 1.82) is 0 Å². The van der Waals surface area contributed by atoms with Crippen molar-refractivity contribution >= 4 is 5.69 Å². The molecule has 5 heteroatoms. The van der Waals surface area contributed by atoms with Gasteiger partial charge in [-0.05, 0) is 24.6 Å². The first-order valence-electron chi connectivity index (χ1n) is 6.35. The summed E-state index contributed by atoms with van der Waals surface area (Å²) in [6.07, 6.45) is -0.776. The van der Waals surface area contributed by atoms with Crippen molar-refractivity contribution in [2.45, 2.75) is 25.2 Å². The molecule has 0 saturated carbocycles. The van der Waals surface area contributed by atoms with Gasteiger partial charge in [0.15, 0.2) is 0 Å². The maximum absolute atomic E-state index is 14.1. The molecule has 0 spiro atoms. The third-order valence-corrected chi connectivity index (χ3v) is 3.62. The van der Waals surface area contributed by atoms with Gasteiger partial charge in [-0.1, -0.05) is 6.07 Å². The van der Waals surface area contributed by atoms with Crippen LogP contribution in [0.25, 0.3) is 0 Å². The predicted molar refractivity (Wildman–Crippen MR) is 70.8 cm³/mol. The van der Waals surface area contributed by atoms with Gasteiger partial charge in [0.05, 0.1) is 11.8 Å². The Labute approximate surface area is 112 Å². The number of ether oxygens (including phenoxy) is 2. The minimum absolute atomic E-state index is 0.0548. The van der Waals surface area contributed by atoms with E-state index < -0.39 is 6.10 Å². The number of methoxy groups -OCH3 is 2. The maximum Gasteiger partial charge on any atom is 0.146 e. The fraction of sp³-hybridized carbons (Fsp3) is 0.571. The number of aliphatic hydroxyl groups excluding tert-OH is 1. The summed E-state index contributed by atoms with van der Waals surface area (Å²) < 4.78 is 24.8. The summed E-state index contributed by atoms with van der Waals surface area (Å²) in [7, 11) is 3.26. The van der Waals surface area contributed by atoms with E-state index in [-0.39, 0.29) is 18.0 Å². The highest BCUT2D eigenvalue weighted by Gasteiger charge is 2.34. The van der Waals surface area contributed by atoms with Crippen molar-refractivity contribution in [1.82, 2.24) is 0 Å². The van der Waals surface area contributed by atoms with Gasteiger partial charge in [-0.15, -0.1) is 0 Å². The third-order valence-electron chi connectivity index (χ3n) is 3.62. The molecule has 1 aliphatic rings. The van der Waals surface area contributed by atoms with Gasteiger partial charge < -0.3 is 19.5 Å². The van der Waals surface area contributed by atoms with Crippen molar-refractivity contribution < 1.29 is 19.0 Å². The lowest BCUT2D eigenvalue weighted by Gasteiger charge is -2.19. The third kappa shape index (κ3) is 2.88. The van der Waals surface area contributed by atoms with Gasteiger partial charge in [0.25, 0.3) is 0 Å². The number of hydrogen-bond donors (Lipinski definition) is 1. The number of benzene rings is 1. The Bertz CT molecular complexity index is 427. The standard InChI is InChI=1S/C14H20FNO3/c1-9(17)10-4-5-12(11(15)6-10)16-7-13(18-2)14(8-16)19-3/h4-6,9,13-14,17H,7-8H2,1-3H3/t9-,13?,14?/m1/s1. The molecule has 106 valence electrons. The Morgan fingerprint density at radius 2 is 1.84 bits per heavy atom. The molecule has 3 atom stereocenters. The molecule has 0 radical (unpaired) electrons. The van der Waals surface area contributed by atoms with E-state index in [0.29, 0.717) is 24.3 Å². The summed E-state index contributed by atoms with van der Waals surface area (Å²) in [5.74, 6) is -0.329. The first kappa shape index (κ1) is 14.2. The van der Waals surface area contributed by atoms with Crippen LogP contribution in [0.5, 0.6) is 0 Å². The molecule has 1 aromatic carbocycles. The second kappa shape index (κ2) is 5.86. The molecule has 2 unspecified atom stereocenters. The summed E-state index contributed by atoms with van der Waals surface area (Å²) in [4.78, 5) is 1.91. The largest absolute Gasteiger partial charge is 0.389 e. The molecule has 19 heavy (non-hydrogen) atoms. The zero-order valence-electron chi connectivity index (χ0n) is 11.5. The average Bonchev–Trinajstić information content (AvgIpc) is 2.81. The van der Waals surface area contributed by atoms with Gasteiger partial charge in [0.2, 0.25) is 0 Å². The first-order valence-corrected chi connectivity index (χ1v) is 6.35. The minimum atomic E-state index is -0.666. The van der Waals surface area contributed by atoms with Gasteiger partial charge in [-0.3, -0.25) is 0 Å². The molecule has 2 rings (SSSR count). The monoisotopic (exact) mass is 269 g/mol. The van der Waals surface area contributed by atoms with Crippen LogP contribution in [-0.2, 0) is 9.47 Å². The van der Waals surface area contributed by atoms with Crippen LogP contribution in [0.2, 0.25) is 0 Å². The molecule has 4 nitrogen and oxygen atoms in total. The highest BCUT2D eigenvalue weighted by molar-refractivity contribution is 5.51. The summed E-state index contributed by atoms with van der Waals surface area (Å²) in [5.41, 5.74) is 1.10. The Kier molecular flexibility index (Phi) is 4.39. The van der Waals surface area contributed by atoms with Crippen LogP contribution in [0, 0.1) is 5.82 Å². The number of rotatable bonds is 4. The zero-order chi connectivity index (χ0) is 14.0. The number of nitrogens with zero attached hydrogens (tertiary/aromatic N) is 1. The van der Waals surface area contributed by atoms with Crippen LogP contribution < -0.4 is 4.90 Å². The SMILES string of the molecule is COC1CN(c2ccc([C@@H](C)O)cc2F)CC1OC. The van der Waals surface area contributed by atoms with Gasteiger partial charge in [0, 0.05) is 27.3 Å². The van der Waals surface area contributed by atoms with Crippen molar-refractivity contribution in [3.63, 3.8) is 0 Å². The predicted octanol–water partition coefficient (Wildman–Crippen LogP) is 1.73. The van der Waals surface area contributed by atoms with Crippen molar-refractivity contribution in [3.05, 3.63) is 29.6 Å². The van der Waals surface area contributed by atoms with Crippen LogP contribution in [0.4, 0.5) is 10.1 Å². The molecule has 0 amide bonds. The lowest BCUT2D eigenvalue weighted by Crippen LogP contribution is -2.27. The van der Waals surface area contributed by atoms with Crippen LogP contribution in [-0.4, -0.2) is 44.6 Å². The Morgan fingerprint density at radius 3 is 2.26 bits per heavy atom. The van der Waals surface area contributed by atoms with E-state index in [4.69, 9.17) is 9.47 Å². The van der Waals surface area contributed by atoms with Gasteiger partial charge in [-0.25, -0.2) is 4.39 Å². The number of aliphatic hydroxyl groups is 1. The zero-order valence-corrected chi connectivity index (χ0v) is 11.5. The first-order chi connectivity index (χ1) is 9.06. The summed E-state index contributed by atoms with van der Waals surface area (Å²) in [6.45, 7) is 2.81. The number of anilines is 1. The van der Waals surface area contributed by atoms with E-state index >= 15 is 0 Å². The second-order valence-electron chi connectivity index (χ2n) is 4.84. The van der Waals surface area contributed by atoms with Crippen molar-refractivity contribution in [2.75, 3.05) is 32.2 Å². The fourth-order valence-corrected chi connectivity index (χ4v) is 2.43. The van der Waals surface area contributed by atoms with E-state index in [9.17, 15) is 9.50 Å². The molecule has 1 aromatic rings. The van der Waals surface area contributed by atoms with Gasteiger partial charge >= 0.3 is 0 Å². The van der Waals surface area contributed by atoms with Crippen LogP contribution >= 0.6 is 0 Å². The van der Waals surface area contributed by atoms with Gasteiger partial charge in [0.1, 0.15) is 18.0 Å². The van der Waals surface area contributed by atoms with E-state index in [1.807, 2.05) is 4.90 Å². The number of hydrogen-bond acceptors (Lipinski definition) is 4. The molecule has 1 aliphatic heterocycles. The lowest BCUT2D eigenvalue weighted by atomic mass is 10.1. The summed E-state index contributed by atoms with van der Waals surface area (Å²) in [5, 5.41) is 9.44. The molecular weight excluding hydrogens is 249 g/mol. The smallest absolute Gasteiger partial charge is 0.146 e. The normalized spacial score (nSPS) is 24.8. The highest BCUT2D eigenvalue weighted by Crippen LogP contribution is 2.28. The van der Waals surface area contributed by atoms with Crippen molar-refractivity contribution in [3.8, 4) is 0 Å². The molecule has 1 fully saturated rings. The highest BCUT2D eigenvalue weighted by atomic mass is 19.1. The van der Waals surface area contributed by atoms with Crippen LogP contribution in [0.3, 0.4) is 0 Å². The molecular formula is C14H20FNO3. The van der Waals surface area contributed by atoms with E-state index in [1.165, 1.54) is 6.07 Å². The molecule has 1 heterocycles. The number of halogens is 1. The molecule has 0 aliphatic carbocycles. The topological polar surface area (TPSA) is 41.9 Å². The van der Waals surface area contributed by atoms with Crippen LogP contribution in [0.15, 0.2) is 18.2 Å². The molecule has 1 saturated heterocycles. The lowest BCUT2D eigenvalue weighted by molar-refractivity contribution is -0.00461. The Balaban J connectivity index is 2.19. The second-order valence-corrected chi connectivity index (χ2v) is 4.84. The van der Waals surface area contributed by atoms with E-state index in [1.54, 1.807) is 33.3 Å². The van der Waals surface area contributed by atoms with Crippen LogP contribution in [0.1, 0.15) is 18.6 Å². The molecule has 1 N–H and O–H groups in total. The Morgan fingerprint density at radius 1 is 1.26 bits per heavy atom. The van der Waals surface area contributed by atoms with E-state index in [0.717, 1.165) is 0 Å². The minimum Gasteiger partial charge on any atom is -0.389 e. The quantitative estimate of drug-likeness (QED) is 0.904. The fourth-order valence-electron chi connectivity index (χ4n) is 2.43. The molecule has 0 bridgehead atoms. The average molecular weight is 269 g/mol. The van der Waals surface area contributed by atoms with E-state index in [2.05, 4.69) is 0 Å². The van der Waals surface area contributed by atoms with Crippen molar-refractivity contribution in [2.24, 2.45) is 0 Å². The van der Waals surface area contributed by atoms with Gasteiger partial charge in [-0.2, -0.15) is 0 Å². The maximum atomic E-state index is 14.1. The Hall–Kier alpha value is -1.17. The summed E-state index contributed by atoms with van der Waals surface area (Å²) in [6, 6.07) is 4.81.